The molecule has 6 nitrogen and oxygen atoms in total. The van der Waals surface area contributed by atoms with Gasteiger partial charge in [-0.05, 0) is 24.1 Å². The minimum Gasteiger partial charge on any atom is -0.465 e. The zero-order chi connectivity index (χ0) is 19.9. The van der Waals surface area contributed by atoms with E-state index in [4.69, 9.17) is 16.7 Å². The second kappa shape index (κ2) is 6.82. The first kappa shape index (κ1) is 20.6. The molecule has 0 saturated carbocycles. The molecule has 0 bridgehead atoms. The fourth-order valence-corrected chi connectivity index (χ4v) is 3.40. The SMILES string of the molecule is O=C(O)N1CC(F)(F)C(OS(=O)(=O)C(F)(F)F)[C@@H]1Cc1cccc(Cl)c1. The molecule has 0 aromatic heterocycles. The molecule has 1 unspecified atom stereocenters. The molecule has 1 saturated heterocycles. The van der Waals surface area contributed by atoms with Gasteiger partial charge in [0.25, 0.3) is 5.92 Å². The van der Waals surface area contributed by atoms with Gasteiger partial charge in [-0.1, -0.05) is 23.7 Å². The van der Waals surface area contributed by atoms with E-state index in [1.807, 2.05) is 0 Å². The van der Waals surface area contributed by atoms with Gasteiger partial charge in [0.05, 0.1) is 12.6 Å². The second-order valence-corrected chi connectivity index (χ2v) is 7.49. The summed E-state index contributed by atoms with van der Waals surface area (Å²) in [4.78, 5) is 11.4. The Morgan fingerprint density at radius 1 is 1.38 bits per heavy atom. The average molecular weight is 424 g/mol. The van der Waals surface area contributed by atoms with E-state index in [1.54, 1.807) is 0 Å². The predicted molar refractivity (Wildman–Crippen MR) is 78.5 cm³/mol. The van der Waals surface area contributed by atoms with Crippen molar-refractivity contribution >= 4 is 27.8 Å². The number of benzene rings is 1. The summed E-state index contributed by atoms with van der Waals surface area (Å²) in [7, 11) is -6.36. The number of hydrogen-bond acceptors (Lipinski definition) is 4. The van der Waals surface area contributed by atoms with E-state index in [-0.39, 0.29) is 15.5 Å². The Morgan fingerprint density at radius 3 is 2.50 bits per heavy atom. The van der Waals surface area contributed by atoms with Crippen molar-refractivity contribution in [2.45, 2.75) is 30.0 Å². The maximum Gasteiger partial charge on any atom is 0.523 e. The summed E-state index contributed by atoms with van der Waals surface area (Å²) in [5, 5.41) is 9.24. The van der Waals surface area contributed by atoms with Crippen LogP contribution >= 0.6 is 11.6 Å². The van der Waals surface area contributed by atoms with Crippen molar-refractivity contribution in [2.75, 3.05) is 6.54 Å². The minimum atomic E-state index is -6.36. The summed E-state index contributed by atoms with van der Waals surface area (Å²) < 4.78 is 91.7. The molecule has 0 spiro atoms. The molecule has 1 fully saturated rings. The first-order chi connectivity index (χ1) is 11.7. The Hall–Kier alpha value is -1.66. The zero-order valence-corrected chi connectivity index (χ0v) is 14.2. The highest BCUT2D eigenvalue weighted by Crippen LogP contribution is 2.39. The van der Waals surface area contributed by atoms with Crippen LogP contribution in [0, 0.1) is 0 Å². The fraction of sp³-hybridized carbons (Fsp3) is 0.462. The van der Waals surface area contributed by atoms with Crippen LogP contribution in [0.25, 0.3) is 0 Å². The number of nitrogens with zero attached hydrogens (tertiary/aromatic N) is 1. The molecule has 1 amide bonds. The van der Waals surface area contributed by atoms with E-state index in [2.05, 4.69) is 4.18 Å². The summed E-state index contributed by atoms with van der Waals surface area (Å²) in [6.45, 7) is -1.51. The lowest BCUT2D eigenvalue weighted by molar-refractivity contribution is -0.0901. The lowest BCUT2D eigenvalue weighted by atomic mass is 10.0. The molecule has 26 heavy (non-hydrogen) atoms. The molecule has 2 atom stereocenters. The molecule has 0 radical (unpaired) electrons. The predicted octanol–water partition coefficient (Wildman–Crippen LogP) is 3.11. The Balaban J connectivity index is 2.42. The molecule has 1 aliphatic rings. The molecule has 1 aromatic carbocycles. The van der Waals surface area contributed by atoms with Gasteiger partial charge in [0.15, 0.2) is 6.10 Å². The minimum absolute atomic E-state index is 0.150. The van der Waals surface area contributed by atoms with E-state index in [9.17, 15) is 35.2 Å². The number of hydrogen-bond donors (Lipinski definition) is 1. The monoisotopic (exact) mass is 423 g/mol. The third kappa shape index (κ3) is 4.18. The van der Waals surface area contributed by atoms with Gasteiger partial charge < -0.3 is 5.11 Å². The van der Waals surface area contributed by atoms with Gasteiger partial charge in [0, 0.05) is 5.02 Å². The maximum atomic E-state index is 14.1. The van der Waals surface area contributed by atoms with Crippen molar-refractivity contribution in [3.8, 4) is 0 Å². The van der Waals surface area contributed by atoms with Gasteiger partial charge >= 0.3 is 21.7 Å². The number of likely N-dealkylation sites (tertiary alicyclic amines) is 1. The molecule has 1 aliphatic heterocycles. The van der Waals surface area contributed by atoms with Crippen molar-refractivity contribution in [2.24, 2.45) is 0 Å². The molecular formula is C13H11ClF5NO5S. The number of halogens is 6. The van der Waals surface area contributed by atoms with Crippen LogP contribution in [0.4, 0.5) is 26.7 Å². The molecular weight excluding hydrogens is 413 g/mol. The first-order valence-corrected chi connectivity index (χ1v) is 8.64. The van der Waals surface area contributed by atoms with Crippen LogP contribution in [0.1, 0.15) is 5.56 Å². The lowest BCUT2D eigenvalue weighted by Crippen LogP contribution is -2.45. The normalized spacial score (nSPS) is 23.2. The van der Waals surface area contributed by atoms with E-state index in [0.29, 0.717) is 0 Å². The zero-order valence-electron chi connectivity index (χ0n) is 12.6. The number of carboxylic acid groups (broad SMARTS) is 1. The van der Waals surface area contributed by atoms with Crippen LogP contribution in [0.3, 0.4) is 0 Å². The number of amides is 1. The highest BCUT2D eigenvalue weighted by Gasteiger charge is 2.61. The van der Waals surface area contributed by atoms with Crippen molar-refractivity contribution < 1.29 is 44.5 Å². The number of carbonyl (C=O) groups is 1. The Morgan fingerprint density at radius 2 is 2.00 bits per heavy atom. The molecule has 2 rings (SSSR count). The summed E-state index contributed by atoms with van der Waals surface area (Å²) >= 11 is 5.73. The first-order valence-electron chi connectivity index (χ1n) is 6.86. The van der Waals surface area contributed by atoms with Crippen LogP contribution in [0.2, 0.25) is 5.02 Å². The third-order valence-electron chi connectivity index (χ3n) is 3.64. The van der Waals surface area contributed by atoms with Crippen LogP contribution < -0.4 is 0 Å². The van der Waals surface area contributed by atoms with Crippen LogP contribution in [-0.4, -0.2) is 54.6 Å². The average Bonchev–Trinajstić information content (AvgIpc) is 2.70. The number of alkyl halides is 5. The molecule has 13 heteroatoms. The largest absolute Gasteiger partial charge is 0.523 e. The van der Waals surface area contributed by atoms with Crippen molar-refractivity contribution in [3.63, 3.8) is 0 Å². The molecule has 1 N–H and O–H groups in total. The summed E-state index contributed by atoms with van der Waals surface area (Å²) in [5.74, 6) is -4.15. The summed E-state index contributed by atoms with van der Waals surface area (Å²) in [5.41, 5.74) is -5.72. The van der Waals surface area contributed by atoms with E-state index in [1.165, 1.54) is 24.3 Å². The van der Waals surface area contributed by atoms with Gasteiger partial charge in [0.2, 0.25) is 0 Å². The van der Waals surface area contributed by atoms with Gasteiger partial charge in [-0.3, -0.25) is 9.08 Å². The van der Waals surface area contributed by atoms with Gasteiger partial charge in [-0.25, -0.2) is 13.6 Å². The fourth-order valence-electron chi connectivity index (χ4n) is 2.54. The second-order valence-electron chi connectivity index (χ2n) is 5.49. The molecule has 0 aliphatic carbocycles. The quantitative estimate of drug-likeness (QED) is 0.457. The molecule has 1 aromatic rings. The van der Waals surface area contributed by atoms with E-state index in [0.717, 1.165) is 0 Å². The highest BCUT2D eigenvalue weighted by atomic mass is 35.5. The van der Waals surface area contributed by atoms with E-state index >= 15 is 0 Å². The number of rotatable bonds is 4. The van der Waals surface area contributed by atoms with E-state index < -0.39 is 52.8 Å². The van der Waals surface area contributed by atoms with Gasteiger partial charge in [0.1, 0.15) is 0 Å². The van der Waals surface area contributed by atoms with Crippen molar-refractivity contribution in [3.05, 3.63) is 34.9 Å². The third-order valence-corrected chi connectivity index (χ3v) is 4.90. The maximum absolute atomic E-state index is 14.1. The lowest BCUT2D eigenvalue weighted by Gasteiger charge is -2.26. The van der Waals surface area contributed by atoms with Crippen molar-refractivity contribution in [1.82, 2.24) is 4.90 Å². The molecule has 146 valence electrons. The topological polar surface area (TPSA) is 83.9 Å². The Labute approximate surface area is 149 Å². The summed E-state index contributed by atoms with van der Waals surface area (Å²) in [6, 6.07) is 3.63. The van der Waals surface area contributed by atoms with Crippen LogP contribution in [0.5, 0.6) is 0 Å². The Bertz CT molecular complexity index is 800. The molecule has 1 heterocycles. The Kier molecular flexibility index (Phi) is 5.41. The smallest absolute Gasteiger partial charge is 0.465 e. The van der Waals surface area contributed by atoms with Crippen LogP contribution in [0.15, 0.2) is 24.3 Å². The van der Waals surface area contributed by atoms with Gasteiger partial charge in [-0.15, -0.1) is 0 Å². The standard InChI is InChI=1S/C13H11ClF5NO5S/c14-8-3-1-2-7(4-8)5-9-10(25-26(23,24)13(17,18)19)12(15,16)6-20(9)11(21)22/h1-4,9-10H,5-6H2,(H,21,22)/t9-,10?/m0/s1. The summed E-state index contributed by atoms with van der Waals surface area (Å²) in [6.07, 6.45) is -5.23. The van der Waals surface area contributed by atoms with Gasteiger partial charge in [-0.2, -0.15) is 21.6 Å². The van der Waals surface area contributed by atoms with Crippen LogP contribution in [-0.2, 0) is 20.7 Å². The highest BCUT2D eigenvalue weighted by molar-refractivity contribution is 7.87. The van der Waals surface area contributed by atoms with Crippen molar-refractivity contribution in [1.29, 1.82) is 0 Å².